The van der Waals surface area contributed by atoms with Gasteiger partial charge in [0.1, 0.15) is 0 Å². The minimum absolute atomic E-state index is 0.385. The van der Waals surface area contributed by atoms with Gasteiger partial charge in [-0.05, 0) is 69.4 Å². The molecule has 0 atom stereocenters. The van der Waals surface area contributed by atoms with E-state index in [0.717, 1.165) is 30.8 Å². The van der Waals surface area contributed by atoms with Crippen LogP contribution in [0.15, 0.2) is 34.1 Å². The van der Waals surface area contributed by atoms with Gasteiger partial charge >= 0.3 is 0 Å². The van der Waals surface area contributed by atoms with Gasteiger partial charge in [-0.25, -0.2) is 12.7 Å². The normalized spacial score (nSPS) is 18.3. The lowest BCUT2D eigenvalue weighted by molar-refractivity contribution is 0.202. The zero-order valence-corrected chi connectivity index (χ0v) is 14.6. The van der Waals surface area contributed by atoms with Gasteiger partial charge in [0, 0.05) is 18.5 Å². The fourth-order valence-corrected chi connectivity index (χ4v) is 4.29. The van der Waals surface area contributed by atoms with E-state index in [0.29, 0.717) is 17.4 Å². The van der Waals surface area contributed by atoms with Crippen LogP contribution >= 0.6 is 11.8 Å². The van der Waals surface area contributed by atoms with E-state index < -0.39 is 10.0 Å². The monoisotopic (exact) mass is 328 g/mol. The highest BCUT2D eigenvalue weighted by molar-refractivity contribution is 7.98. The highest BCUT2D eigenvalue weighted by Gasteiger charge is 2.25. The molecule has 1 heterocycles. The van der Waals surface area contributed by atoms with Crippen LogP contribution in [0.1, 0.15) is 12.8 Å². The van der Waals surface area contributed by atoms with Gasteiger partial charge in [0.05, 0.1) is 4.90 Å². The molecule has 0 unspecified atom stereocenters. The first kappa shape index (κ1) is 16.8. The van der Waals surface area contributed by atoms with Crippen molar-refractivity contribution in [3.05, 3.63) is 24.3 Å². The van der Waals surface area contributed by atoms with E-state index in [1.165, 1.54) is 4.31 Å². The summed E-state index contributed by atoms with van der Waals surface area (Å²) in [6.07, 6.45) is 4.12. The lowest BCUT2D eigenvalue weighted by Gasteiger charge is -2.31. The lowest BCUT2D eigenvalue weighted by atomic mass is 9.97. The fraction of sp³-hybridized carbons (Fsp3) is 0.600. The average Bonchev–Trinajstić information content (AvgIpc) is 2.49. The number of hydrogen-bond acceptors (Lipinski definition) is 4. The Hall–Kier alpha value is -0.560. The van der Waals surface area contributed by atoms with Crippen molar-refractivity contribution in [2.75, 3.05) is 40.0 Å². The van der Waals surface area contributed by atoms with E-state index in [1.54, 1.807) is 30.9 Å². The fourth-order valence-electron chi connectivity index (χ4n) is 2.63. The topological polar surface area (TPSA) is 40.6 Å². The molecular weight excluding hydrogens is 304 g/mol. The van der Waals surface area contributed by atoms with E-state index in [4.69, 9.17) is 0 Å². The van der Waals surface area contributed by atoms with Gasteiger partial charge in [0.15, 0.2) is 0 Å². The zero-order valence-electron chi connectivity index (χ0n) is 12.9. The van der Waals surface area contributed by atoms with Crippen LogP contribution in [0.2, 0.25) is 0 Å². The molecule has 1 aromatic rings. The number of piperidine rings is 1. The Balaban J connectivity index is 2.03. The van der Waals surface area contributed by atoms with E-state index in [1.807, 2.05) is 18.4 Å². The summed E-state index contributed by atoms with van der Waals surface area (Å²) >= 11 is 1.61. The Bertz CT molecular complexity index is 550. The van der Waals surface area contributed by atoms with Crippen LogP contribution in [0, 0.1) is 5.92 Å². The second-order valence-electron chi connectivity index (χ2n) is 5.71. The van der Waals surface area contributed by atoms with Crippen molar-refractivity contribution >= 4 is 21.8 Å². The predicted octanol–water partition coefficient (Wildman–Crippen LogP) is 2.37. The lowest BCUT2D eigenvalue weighted by Crippen LogP contribution is -2.37. The van der Waals surface area contributed by atoms with Gasteiger partial charge < -0.3 is 4.90 Å². The van der Waals surface area contributed by atoms with E-state index in [9.17, 15) is 8.42 Å². The number of thioether (sulfide) groups is 1. The standard InChI is InChI=1S/C15H24N2O2S2/c1-16-10-8-13(9-11-16)12-17(2)21(18,19)15-6-4-14(20-3)5-7-15/h4-7,13H,8-12H2,1-3H3. The highest BCUT2D eigenvalue weighted by Crippen LogP contribution is 2.23. The summed E-state index contributed by atoms with van der Waals surface area (Å²) in [4.78, 5) is 3.76. The van der Waals surface area contributed by atoms with Crippen LogP contribution in [-0.2, 0) is 10.0 Å². The molecule has 0 aromatic heterocycles. The molecule has 0 amide bonds. The maximum atomic E-state index is 12.6. The van der Waals surface area contributed by atoms with Gasteiger partial charge in [-0.1, -0.05) is 0 Å². The molecule has 6 heteroatoms. The van der Waals surface area contributed by atoms with Crippen LogP contribution < -0.4 is 0 Å². The number of likely N-dealkylation sites (tertiary alicyclic amines) is 1. The first-order valence-electron chi connectivity index (χ1n) is 7.22. The van der Waals surface area contributed by atoms with E-state index in [-0.39, 0.29) is 0 Å². The molecule has 1 aliphatic heterocycles. The van der Waals surface area contributed by atoms with Crippen LogP contribution in [-0.4, -0.2) is 57.6 Å². The van der Waals surface area contributed by atoms with Crippen molar-refractivity contribution in [1.29, 1.82) is 0 Å². The van der Waals surface area contributed by atoms with Crippen molar-refractivity contribution in [3.63, 3.8) is 0 Å². The van der Waals surface area contributed by atoms with Crippen molar-refractivity contribution in [2.45, 2.75) is 22.6 Å². The van der Waals surface area contributed by atoms with Crippen LogP contribution in [0.5, 0.6) is 0 Å². The molecule has 4 nitrogen and oxygen atoms in total. The first-order valence-corrected chi connectivity index (χ1v) is 9.89. The number of nitrogens with zero attached hydrogens (tertiary/aromatic N) is 2. The van der Waals surface area contributed by atoms with Gasteiger partial charge in [-0.3, -0.25) is 0 Å². The molecule has 0 aliphatic carbocycles. The Morgan fingerprint density at radius 2 is 1.81 bits per heavy atom. The summed E-state index contributed by atoms with van der Waals surface area (Å²) < 4.78 is 26.7. The average molecular weight is 329 g/mol. The molecule has 0 bridgehead atoms. The Morgan fingerprint density at radius 1 is 1.24 bits per heavy atom. The molecule has 21 heavy (non-hydrogen) atoms. The quantitative estimate of drug-likeness (QED) is 0.778. The largest absolute Gasteiger partial charge is 0.306 e. The Labute approximate surface area is 132 Å². The highest BCUT2D eigenvalue weighted by atomic mass is 32.2. The minimum Gasteiger partial charge on any atom is -0.306 e. The Kier molecular flexibility index (Phi) is 5.71. The van der Waals surface area contributed by atoms with Crippen LogP contribution in [0.3, 0.4) is 0 Å². The van der Waals surface area contributed by atoms with E-state index >= 15 is 0 Å². The smallest absolute Gasteiger partial charge is 0.242 e. The molecule has 118 valence electrons. The molecule has 0 saturated carbocycles. The zero-order chi connectivity index (χ0) is 15.5. The number of benzene rings is 1. The summed E-state index contributed by atoms with van der Waals surface area (Å²) in [5, 5.41) is 0. The summed E-state index contributed by atoms with van der Waals surface area (Å²) in [7, 11) is 0.439. The molecule has 1 saturated heterocycles. The van der Waals surface area contributed by atoms with Crippen LogP contribution in [0.4, 0.5) is 0 Å². The van der Waals surface area contributed by atoms with Crippen molar-refractivity contribution in [1.82, 2.24) is 9.21 Å². The van der Waals surface area contributed by atoms with Gasteiger partial charge in [0.2, 0.25) is 10.0 Å². The number of hydrogen-bond donors (Lipinski definition) is 0. The van der Waals surface area contributed by atoms with Crippen LogP contribution in [0.25, 0.3) is 0 Å². The maximum absolute atomic E-state index is 12.6. The van der Waals surface area contributed by atoms with Gasteiger partial charge in [-0.2, -0.15) is 0 Å². The summed E-state index contributed by atoms with van der Waals surface area (Å²) in [6, 6.07) is 7.13. The summed E-state index contributed by atoms with van der Waals surface area (Å²) in [6.45, 7) is 2.72. The third-order valence-corrected chi connectivity index (χ3v) is 6.70. The maximum Gasteiger partial charge on any atom is 0.242 e. The molecule has 1 aliphatic rings. The Morgan fingerprint density at radius 3 is 2.33 bits per heavy atom. The number of rotatable bonds is 5. The van der Waals surface area contributed by atoms with E-state index in [2.05, 4.69) is 11.9 Å². The predicted molar refractivity (Wildman–Crippen MR) is 88.3 cm³/mol. The molecule has 0 radical (unpaired) electrons. The summed E-state index contributed by atoms with van der Waals surface area (Å²) in [5.74, 6) is 0.464. The SMILES string of the molecule is CSc1ccc(S(=O)(=O)N(C)CC2CCN(C)CC2)cc1. The van der Waals surface area contributed by atoms with Gasteiger partial charge in [0.25, 0.3) is 0 Å². The third kappa shape index (κ3) is 4.22. The molecule has 1 aromatic carbocycles. The molecule has 1 fully saturated rings. The van der Waals surface area contributed by atoms with Crippen molar-refractivity contribution < 1.29 is 8.42 Å². The van der Waals surface area contributed by atoms with Crippen molar-refractivity contribution in [3.8, 4) is 0 Å². The molecule has 0 N–H and O–H groups in total. The number of sulfonamides is 1. The second kappa shape index (κ2) is 7.13. The first-order chi connectivity index (χ1) is 9.93. The molecule has 2 rings (SSSR count). The minimum atomic E-state index is -3.37. The second-order valence-corrected chi connectivity index (χ2v) is 8.63. The molecule has 0 spiro atoms. The summed E-state index contributed by atoms with van der Waals surface area (Å²) in [5.41, 5.74) is 0. The third-order valence-electron chi connectivity index (χ3n) is 4.12. The molecular formula is C15H24N2O2S2. The van der Waals surface area contributed by atoms with Gasteiger partial charge in [-0.15, -0.1) is 11.8 Å². The van der Waals surface area contributed by atoms with Crippen molar-refractivity contribution in [2.24, 2.45) is 5.92 Å².